The summed E-state index contributed by atoms with van der Waals surface area (Å²) in [6.07, 6.45) is 1.04. The van der Waals surface area contributed by atoms with Crippen LogP contribution in [0.4, 0.5) is 5.69 Å². The summed E-state index contributed by atoms with van der Waals surface area (Å²) in [5, 5.41) is 2.46. The molecule has 0 bridgehead atoms. The average Bonchev–Trinajstić information content (AvgIpc) is 3.22. The van der Waals surface area contributed by atoms with E-state index in [1.54, 1.807) is 29.2 Å². The van der Waals surface area contributed by atoms with Crippen molar-refractivity contribution in [3.63, 3.8) is 0 Å². The normalized spacial score (nSPS) is 17.0. The lowest BCUT2D eigenvalue weighted by molar-refractivity contribution is -0.139. The van der Waals surface area contributed by atoms with Crippen molar-refractivity contribution in [3.8, 4) is 0 Å². The Labute approximate surface area is 161 Å². The fraction of sp³-hybridized carbons (Fsp3) is 0.316. The van der Waals surface area contributed by atoms with Crippen molar-refractivity contribution in [2.24, 2.45) is 0 Å². The first kappa shape index (κ1) is 18.6. The van der Waals surface area contributed by atoms with Crippen molar-refractivity contribution in [3.05, 3.63) is 51.7 Å². The molecule has 1 unspecified atom stereocenters. The second-order valence-corrected chi connectivity index (χ2v) is 7.58. The number of carbonyl (C=O) groups is 3. The van der Waals surface area contributed by atoms with E-state index in [2.05, 4.69) is 0 Å². The van der Waals surface area contributed by atoms with E-state index in [9.17, 15) is 14.4 Å². The third-order valence-corrected chi connectivity index (χ3v) is 5.39. The van der Waals surface area contributed by atoms with Gasteiger partial charge in [-0.1, -0.05) is 24.6 Å². The highest BCUT2D eigenvalue weighted by Gasteiger charge is 2.44. The van der Waals surface area contributed by atoms with Gasteiger partial charge in [0.2, 0.25) is 11.8 Å². The number of thiophene rings is 1. The van der Waals surface area contributed by atoms with E-state index in [1.807, 2.05) is 24.4 Å². The Hall–Kier alpha value is -2.18. The van der Waals surface area contributed by atoms with Crippen LogP contribution in [0.15, 0.2) is 41.8 Å². The van der Waals surface area contributed by atoms with Crippen LogP contribution in [0.25, 0.3) is 0 Å². The SMILES string of the molecule is CCCC(=O)N(Cc1cccs1)C1CC(=O)N(c2ccc(Cl)cc2)C1=O. The Morgan fingerprint density at radius 1 is 1.27 bits per heavy atom. The number of anilines is 1. The highest BCUT2D eigenvalue weighted by Crippen LogP contribution is 2.28. The predicted molar refractivity (Wildman–Crippen MR) is 102 cm³/mol. The molecule has 0 N–H and O–H groups in total. The molecule has 1 aliphatic rings. The number of imide groups is 1. The molecule has 1 aliphatic heterocycles. The van der Waals surface area contributed by atoms with Gasteiger partial charge < -0.3 is 4.90 Å². The molecule has 0 radical (unpaired) electrons. The molecular formula is C19H19ClN2O3S. The maximum absolute atomic E-state index is 13.0. The molecule has 0 aliphatic carbocycles. The van der Waals surface area contributed by atoms with Gasteiger partial charge in [0.05, 0.1) is 18.7 Å². The third kappa shape index (κ3) is 3.81. The van der Waals surface area contributed by atoms with Crippen LogP contribution in [0.1, 0.15) is 31.1 Å². The van der Waals surface area contributed by atoms with Gasteiger partial charge in [-0.25, -0.2) is 4.90 Å². The Kier molecular flexibility index (Phi) is 5.74. The van der Waals surface area contributed by atoms with Crippen LogP contribution >= 0.6 is 22.9 Å². The zero-order valence-electron chi connectivity index (χ0n) is 14.4. The molecule has 1 aromatic heterocycles. The summed E-state index contributed by atoms with van der Waals surface area (Å²) in [5.74, 6) is -0.772. The van der Waals surface area contributed by atoms with Gasteiger partial charge in [-0.3, -0.25) is 14.4 Å². The van der Waals surface area contributed by atoms with Gasteiger partial charge in [0, 0.05) is 16.3 Å². The summed E-state index contributed by atoms with van der Waals surface area (Å²) in [6.45, 7) is 2.26. The summed E-state index contributed by atoms with van der Waals surface area (Å²) in [4.78, 5) is 41.8. The number of halogens is 1. The van der Waals surface area contributed by atoms with Crippen molar-refractivity contribution in [1.29, 1.82) is 0 Å². The van der Waals surface area contributed by atoms with Crippen LogP contribution in [-0.2, 0) is 20.9 Å². The van der Waals surface area contributed by atoms with E-state index < -0.39 is 6.04 Å². The Bertz CT molecular complexity index is 805. The lowest BCUT2D eigenvalue weighted by Crippen LogP contribution is -2.44. The molecule has 0 spiro atoms. The zero-order chi connectivity index (χ0) is 18.7. The van der Waals surface area contributed by atoms with Gasteiger partial charge >= 0.3 is 0 Å². The fourth-order valence-electron chi connectivity index (χ4n) is 3.02. The number of amides is 3. The van der Waals surface area contributed by atoms with E-state index >= 15 is 0 Å². The Morgan fingerprint density at radius 2 is 2.00 bits per heavy atom. The van der Waals surface area contributed by atoms with Gasteiger partial charge in [0.1, 0.15) is 6.04 Å². The lowest BCUT2D eigenvalue weighted by Gasteiger charge is -2.27. The molecule has 1 atom stereocenters. The molecule has 2 heterocycles. The number of carbonyl (C=O) groups excluding carboxylic acids is 3. The Balaban J connectivity index is 1.87. The maximum Gasteiger partial charge on any atom is 0.257 e. The third-order valence-electron chi connectivity index (χ3n) is 4.27. The largest absolute Gasteiger partial charge is 0.325 e. The van der Waals surface area contributed by atoms with Crippen molar-refractivity contribution in [2.75, 3.05) is 4.90 Å². The topological polar surface area (TPSA) is 57.7 Å². The van der Waals surface area contributed by atoms with Gasteiger partial charge in [0.15, 0.2) is 0 Å². The fourth-order valence-corrected chi connectivity index (χ4v) is 3.85. The van der Waals surface area contributed by atoms with Gasteiger partial charge in [-0.2, -0.15) is 0 Å². The van der Waals surface area contributed by atoms with Crippen molar-refractivity contribution < 1.29 is 14.4 Å². The molecular weight excluding hydrogens is 372 g/mol. The van der Waals surface area contributed by atoms with E-state index in [0.717, 1.165) is 9.78 Å². The first-order valence-corrected chi connectivity index (χ1v) is 9.71. The molecule has 0 saturated carbocycles. The van der Waals surface area contributed by atoms with Crippen LogP contribution in [0.5, 0.6) is 0 Å². The predicted octanol–water partition coefficient (Wildman–Crippen LogP) is 3.86. The molecule has 1 saturated heterocycles. The van der Waals surface area contributed by atoms with Crippen LogP contribution in [0.2, 0.25) is 5.02 Å². The van der Waals surface area contributed by atoms with Crippen LogP contribution < -0.4 is 4.90 Å². The summed E-state index contributed by atoms with van der Waals surface area (Å²) < 4.78 is 0. The lowest BCUT2D eigenvalue weighted by atomic mass is 10.1. The zero-order valence-corrected chi connectivity index (χ0v) is 15.9. The van der Waals surface area contributed by atoms with Crippen LogP contribution in [0, 0.1) is 0 Å². The molecule has 1 fully saturated rings. The van der Waals surface area contributed by atoms with Crippen molar-refractivity contribution >= 4 is 46.3 Å². The molecule has 136 valence electrons. The quantitative estimate of drug-likeness (QED) is 0.703. The number of hydrogen-bond donors (Lipinski definition) is 0. The van der Waals surface area contributed by atoms with E-state index in [4.69, 9.17) is 11.6 Å². The van der Waals surface area contributed by atoms with E-state index in [-0.39, 0.29) is 24.1 Å². The minimum Gasteiger partial charge on any atom is -0.325 e. The number of hydrogen-bond acceptors (Lipinski definition) is 4. The summed E-state index contributed by atoms with van der Waals surface area (Å²) >= 11 is 7.41. The van der Waals surface area contributed by atoms with Gasteiger partial charge in [-0.05, 0) is 42.1 Å². The molecule has 26 heavy (non-hydrogen) atoms. The maximum atomic E-state index is 13.0. The van der Waals surface area contributed by atoms with E-state index in [0.29, 0.717) is 30.1 Å². The molecule has 3 rings (SSSR count). The first-order chi connectivity index (χ1) is 12.5. The average molecular weight is 391 g/mol. The molecule has 3 amide bonds. The van der Waals surface area contributed by atoms with Crippen molar-refractivity contribution in [2.45, 2.75) is 38.8 Å². The molecule has 1 aromatic carbocycles. The van der Waals surface area contributed by atoms with E-state index in [1.165, 1.54) is 11.3 Å². The minimum absolute atomic E-state index is 0.00227. The molecule has 5 nitrogen and oxygen atoms in total. The highest BCUT2D eigenvalue weighted by molar-refractivity contribution is 7.09. The minimum atomic E-state index is -0.765. The van der Waals surface area contributed by atoms with Gasteiger partial charge in [0.25, 0.3) is 5.91 Å². The summed E-state index contributed by atoms with van der Waals surface area (Å²) in [5.41, 5.74) is 0.478. The van der Waals surface area contributed by atoms with Crippen LogP contribution in [-0.4, -0.2) is 28.7 Å². The highest BCUT2D eigenvalue weighted by atomic mass is 35.5. The first-order valence-electron chi connectivity index (χ1n) is 8.45. The second kappa shape index (κ2) is 8.01. The van der Waals surface area contributed by atoms with Gasteiger partial charge in [-0.15, -0.1) is 11.3 Å². The summed E-state index contributed by atoms with van der Waals surface area (Å²) in [6, 6.07) is 9.61. The number of rotatable bonds is 6. The van der Waals surface area contributed by atoms with Crippen LogP contribution in [0.3, 0.4) is 0 Å². The summed E-state index contributed by atoms with van der Waals surface area (Å²) in [7, 11) is 0. The smallest absolute Gasteiger partial charge is 0.257 e. The molecule has 7 heteroatoms. The Morgan fingerprint density at radius 3 is 2.62 bits per heavy atom. The number of nitrogens with zero attached hydrogens (tertiary/aromatic N) is 2. The second-order valence-electron chi connectivity index (χ2n) is 6.11. The standard InChI is InChI=1S/C19H19ClN2O3S/c1-2-4-17(23)21(12-15-5-3-10-26-15)16-11-18(24)22(19(16)25)14-8-6-13(20)7-9-14/h3,5-10,16H,2,4,11-12H2,1H3. The molecule has 2 aromatic rings. The number of benzene rings is 1. The van der Waals surface area contributed by atoms with Crippen molar-refractivity contribution in [1.82, 2.24) is 4.90 Å². The monoisotopic (exact) mass is 390 g/mol.